The third-order valence-electron chi connectivity index (χ3n) is 2.79. The highest BCUT2D eigenvalue weighted by Crippen LogP contribution is 2.19. The van der Waals surface area contributed by atoms with E-state index < -0.39 is 16.0 Å². The Morgan fingerprint density at radius 2 is 2.20 bits per heavy atom. The van der Waals surface area contributed by atoms with Gasteiger partial charge < -0.3 is 10.1 Å². The van der Waals surface area contributed by atoms with Crippen molar-refractivity contribution in [1.82, 2.24) is 14.7 Å². The fourth-order valence-electron chi connectivity index (χ4n) is 1.77. The fourth-order valence-corrected chi connectivity index (χ4v) is 3.03. The van der Waals surface area contributed by atoms with Gasteiger partial charge in [-0.15, -0.1) is 0 Å². The van der Waals surface area contributed by atoms with E-state index >= 15 is 0 Å². The molecule has 0 aliphatic heterocycles. The van der Waals surface area contributed by atoms with Gasteiger partial charge in [-0.2, -0.15) is 0 Å². The van der Waals surface area contributed by atoms with E-state index in [0.717, 1.165) is 0 Å². The minimum absolute atomic E-state index is 0.00602. The molecule has 1 aromatic heterocycles. The summed E-state index contributed by atoms with van der Waals surface area (Å²) in [5, 5.41) is 9.01. The van der Waals surface area contributed by atoms with E-state index in [4.69, 9.17) is 5.11 Å². The monoisotopic (exact) mass is 295 g/mol. The van der Waals surface area contributed by atoms with Gasteiger partial charge in [-0.05, 0) is 24.6 Å². The SMILES string of the molecule is Cc1c(C(=O)O)cccc1S(=O)(=O)NCc1ncc[nH]1. The summed E-state index contributed by atoms with van der Waals surface area (Å²) >= 11 is 0. The highest BCUT2D eigenvalue weighted by molar-refractivity contribution is 7.89. The molecule has 0 aliphatic rings. The molecule has 1 heterocycles. The Kier molecular flexibility index (Phi) is 3.86. The van der Waals surface area contributed by atoms with E-state index in [0.29, 0.717) is 5.82 Å². The number of aromatic nitrogens is 2. The number of nitrogens with one attached hydrogen (secondary N) is 2. The zero-order chi connectivity index (χ0) is 14.8. The predicted molar refractivity (Wildman–Crippen MR) is 70.8 cm³/mol. The average Bonchev–Trinajstić information content (AvgIpc) is 2.89. The maximum atomic E-state index is 12.2. The van der Waals surface area contributed by atoms with Gasteiger partial charge in [0.05, 0.1) is 17.0 Å². The maximum Gasteiger partial charge on any atom is 0.335 e. The van der Waals surface area contributed by atoms with E-state index in [1.54, 1.807) is 6.20 Å². The van der Waals surface area contributed by atoms with E-state index in [1.807, 2.05) is 0 Å². The van der Waals surface area contributed by atoms with Gasteiger partial charge >= 0.3 is 5.97 Å². The molecule has 7 nitrogen and oxygen atoms in total. The molecule has 0 fully saturated rings. The molecular weight excluding hydrogens is 282 g/mol. The van der Waals surface area contributed by atoms with Crippen molar-refractivity contribution in [2.75, 3.05) is 0 Å². The Bertz CT molecular complexity index is 723. The number of hydrogen-bond donors (Lipinski definition) is 3. The fraction of sp³-hybridized carbons (Fsp3) is 0.167. The summed E-state index contributed by atoms with van der Waals surface area (Å²) in [5.41, 5.74) is 0.165. The lowest BCUT2D eigenvalue weighted by Gasteiger charge is -2.10. The van der Waals surface area contributed by atoms with Crippen LogP contribution in [0.15, 0.2) is 35.5 Å². The van der Waals surface area contributed by atoms with Gasteiger partial charge in [0.2, 0.25) is 10.0 Å². The summed E-state index contributed by atoms with van der Waals surface area (Å²) in [6.07, 6.45) is 3.10. The molecule has 0 bridgehead atoms. The summed E-state index contributed by atoms with van der Waals surface area (Å²) in [5.74, 6) is -0.689. The standard InChI is InChI=1S/C12H13N3O4S/c1-8-9(12(16)17)3-2-4-10(8)20(18,19)15-7-11-13-5-6-14-11/h2-6,15H,7H2,1H3,(H,13,14)(H,16,17). The smallest absolute Gasteiger partial charge is 0.335 e. The summed E-state index contributed by atoms with van der Waals surface area (Å²) in [6, 6.07) is 4.13. The molecule has 8 heteroatoms. The van der Waals surface area contributed by atoms with Crippen LogP contribution in [-0.4, -0.2) is 29.5 Å². The second kappa shape index (κ2) is 5.43. The number of benzene rings is 1. The molecule has 20 heavy (non-hydrogen) atoms. The maximum absolute atomic E-state index is 12.2. The highest BCUT2D eigenvalue weighted by atomic mass is 32.2. The van der Waals surface area contributed by atoms with Crippen molar-refractivity contribution >= 4 is 16.0 Å². The third kappa shape index (κ3) is 2.86. The van der Waals surface area contributed by atoms with Crippen LogP contribution >= 0.6 is 0 Å². The van der Waals surface area contributed by atoms with Crippen LogP contribution in [0.2, 0.25) is 0 Å². The zero-order valence-corrected chi connectivity index (χ0v) is 11.4. The normalized spacial score (nSPS) is 11.4. The Morgan fingerprint density at radius 1 is 1.45 bits per heavy atom. The van der Waals surface area contributed by atoms with Crippen molar-refractivity contribution in [3.63, 3.8) is 0 Å². The van der Waals surface area contributed by atoms with Crippen molar-refractivity contribution in [3.05, 3.63) is 47.5 Å². The van der Waals surface area contributed by atoms with Crippen LogP contribution in [-0.2, 0) is 16.6 Å². The summed E-state index contributed by atoms with van der Waals surface area (Å²) in [6.45, 7) is 1.47. The molecule has 1 aromatic carbocycles. The first-order valence-electron chi connectivity index (χ1n) is 5.72. The van der Waals surface area contributed by atoms with E-state index in [-0.39, 0.29) is 22.6 Å². The number of H-pyrrole nitrogens is 1. The number of hydrogen-bond acceptors (Lipinski definition) is 4. The molecule has 106 valence electrons. The lowest BCUT2D eigenvalue weighted by molar-refractivity contribution is 0.0696. The highest BCUT2D eigenvalue weighted by Gasteiger charge is 2.20. The minimum atomic E-state index is -3.80. The summed E-state index contributed by atoms with van der Waals surface area (Å²) < 4.78 is 26.7. The van der Waals surface area contributed by atoms with Gasteiger partial charge in [-0.25, -0.2) is 22.9 Å². The van der Waals surface area contributed by atoms with Crippen LogP contribution in [0, 0.1) is 6.92 Å². The summed E-state index contributed by atoms with van der Waals surface area (Å²) in [7, 11) is -3.80. The van der Waals surface area contributed by atoms with Gasteiger partial charge in [-0.1, -0.05) is 6.07 Å². The molecule has 3 N–H and O–H groups in total. The van der Waals surface area contributed by atoms with Crippen LogP contribution < -0.4 is 4.72 Å². The van der Waals surface area contributed by atoms with Crippen molar-refractivity contribution in [2.45, 2.75) is 18.4 Å². The van der Waals surface area contributed by atoms with Crippen molar-refractivity contribution in [1.29, 1.82) is 0 Å². The number of carbonyl (C=O) groups is 1. The Labute approximate surface area is 115 Å². The quantitative estimate of drug-likeness (QED) is 0.758. The molecule has 0 saturated heterocycles. The van der Waals surface area contributed by atoms with Crippen molar-refractivity contribution < 1.29 is 18.3 Å². The second-order valence-corrected chi connectivity index (χ2v) is 5.83. The minimum Gasteiger partial charge on any atom is -0.478 e. The number of rotatable bonds is 5. The number of nitrogens with zero attached hydrogens (tertiary/aromatic N) is 1. The molecule has 0 spiro atoms. The largest absolute Gasteiger partial charge is 0.478 e. The number of aromatic amines is 1. The second-order valence-electron chi connectivity index (χ2n) is 4.09. The first kappa shape index (κ1) is 14.2. The molecule has 0 amide bonds. The molecule has 2 rings (SSSR count). The first-order valence-corrected chi connectivity index (χ1v) is 7.21. The lowest BCUT2D eigenvalue weighted by atomic mass is 10.1. The Hall–Kier alpha value is -2.19. The van der Waals surface area contributed by atoms with Crippen LogP contribution in [0.4, 0.5) is 0 Å². The number of carboxylic acid groups (broad SMARTS) is 1. The Balaban J connectivity index is 2.30. The first-order chi connectivity index (χ1) is 9.42. The number of imidazole rings is 1. The topological polar surface area (TPSA) is 112 Å². The van der Waals surface area contributed by atoms with Crippen LogP contribution in [0.3, 0.4) is 0 Å². The van der Waals surface area contributed by atoms with Crippen molar-refractivity contribution in [2.24, 2.45) is 0 Å². The lowest BCUT2D eigenvalue weighted by Crippen LogP contribution is -2.25. The molecule has 0 saturated carbocycles. The van der Waals surface area contributed by atoms with Gasteiger partial charge in [0, 0.05) is 12.4 Å². The van der Waals surface area contributed by atoms with E-state index in [2.05, 4.69) is 14.7 Å². The molecule has 0 atom stereocenters. The van der Waals surface area contributed by atoms with Crippen LogP contribution in [0.25, 0.3) is 0 Å². The van der Waals surface area contributed by atoms with Gasteiger partial charge in [0.25, 0.3) is 0 Å². The Morgan fingerprint density at radius 3 is 2.80 bits per heavy atom. The summed E-state index contributed by atoms with van der Waals surface area (Å²) in [4.78, 5) is 17.6. The molecular formula is C12H13N3O4S. The molecule has 0 radical (unpaired) electrons. The van der Waals surface area contributed by atoms with Gasteiger partial charge in [0.15, 0.2) is 0 Å². The van der Waals surface area contributed by atoms with E-state index in [1.165, 1.54) is 31.3 Å². The van der Waals surface area contributed by atoms with Crippen molar-refractivity contribution in [3.8, 4) is 0 Å². The zero-order valence-electron chi connectivity index (χ0n) is 10.6. The number of aromatic carboxylic acids is 1. The molecule has 2 aromatic rings. The van der Waals surface area contributed by atoms with Crippen LogP contribution in [0.5, 0.6) is 0 Å². The number of carboxylic acids is 1. The third-order valence-corrected chi connectivity index (χ3v) is 4.33. The van der Waals surface area contributed by atoms with Gasteiger partial charge in [-0.3, -0.25) is 0 Å². The van der Waals surface area contributed by atoms with Crippen LogP contribution in [0.1, 0.15) is 21.7 Å². The molecule has 0 unspecified atom stereocenters. The predicted octanol–water partition coefficient (Wildman–Crippen LogP) is 0.895. The number of sulfonamides is 1. The molecule has 0 aliphatic carbocycles. The average molecular weight is 295 g/mol. The van der Waals surface area contributed by atoms with E-state index in [9.17, 15) is 13.2 Å². The van der Waals surface area contributed by atoms with Gasteiger partial charge in [0.1, 0.15) is 5.82 Å².